The molecule has 0 aliphatic rings. The SMILES string of the molecule is Cc1ccn(-c2ccc(F)cc2[C@@H](C)O)n1. The number of hydrogen-bond donors (Lipinski definition) is 1. The summed E-state index contributed by atoms with van der Waals surface area (Å²) in [6.07, 6.45) is 1.06. The van der Waals surface area contributed by atoms with Gasteiger partial charge in [0.25, 0.3) is 0 Å². The number of halogens is 1. The van der Waals surface area contributed by atoms with E-state index < -0.39 is 6.10 Å². The van der Waals surface area contributed by atoms with Crippen LogP contribution in [-0.2, 0) is 0 Å². The molecule has 0 bridgehead atoms. The number of aryl methyl sites for hydroxylation is 1. The van der Waals surface area contributed by atoms with E-state index >= 15 is 0 Å². The van der Waals surface area contributed by atoms with Crippen LogP contribution in [-0.4, -0.2) is 14.9 Å². The topological polar surface area (TPSA) is 38.0 Å². The van der Waals surface area contributed by atoms with Crippen LogP contribution < -0.4 is 0 Å². The molecular formula is C12H13FN2O. The number of benzene rings is 1. The minimum absolute atomic E-state index is 0.358. The van der Waals surface area contributed by atoms with Crippen LogP contribution in [0.15, 0.2) is 30.5 Å². The molecule has 0 unspecified atom stereocenters. The first kappa shape index (κ1) is 10.8. The Hall–Kier alpha value is -1.68. The fourth-order valence-corrected chi connectivity index (χ4v) is 1.62. The number of aliphatic hydroxyl groups is 1. The predicted molar refractivity (Wildman–Crippen MR) is 58.9 cm³/mol. The van der Waals surface area contributed by atoms with E-state index in [1.54, 1.807) is 23.9 Å². The van der Waals surface area contributed by atoms with E-state index in [1.165, 1.54) is 12.1 Å². The predicted octanol–water partition coefficient (Wildman–Crippen LogP) is 2.37. The second kappa shape index (κ2) is 4.06. The Morgan fingerprint density at radius 1 is 1.38 bits per heavy atom. The largest absolute Gasteiger partial charge is 0.389 e. The minimum Gasteiger partial charge on any atom is -0.389 e. The summed E-state index contributed by atoms with van der Waals surface area (Å²) in [4.78, 5) is 0. The first-order chi connectivity index (χ1) is 7.58. The summed E-state index contributed by atoms with van der Waals surface area (Å²) in [7, 11) is 0. The normalized spacial score (nSPS) is 12.8. The Balaban J connectivity index is 2.56. The van der Waals surface area contributed by atoms with Crippen molar-refractivity contribution in [2.24, 2.45) is 0 Å². The molecule has 3 nitrogen and oxygen atoms in total. The molecule has 0 saturated heterocycles. The third-order valence-corrected chi connectivity index (χ3v) is 2.41. The molecule has 84 valence electrons. The Labute approximate surface area is 93.2 Å². The first-order valence-corrected chi connectivity index (χ1v) is 5.08. The van der Waals surface area contributed by atoms with Gasteiger partial charge in [0.05, 0.1) is 17.5 Å². The molecule has 0 aliphatic heterocycles. The van der Waals surface area contributed by atoms with Crippen molar-refractivity contribution in [3.8, 4) is 5.69 Å². The molecular weight excluding hydrogens is 207 g/mol. The van der Waals surface area contributed by atoms with Gasteiger partial charge in [-0.2, -0.15) is 5.10 Å². The Morgan fingerprint density at radius 3 is 2.69 bits per heavy atom. The number of nitrogens with zero attached hydrogens (tertiary/aromatic N) is 2. The maximum absolute atomic E-state index is 13.1. The van der Waals surface area contributed by atoms with Gasteiger partial charge in [-0.25, -0.2) is 9.07 Å². The molecule has 1 aromatic carbocycles. The Kier molecular flexibility index (Phi) is 2.75. The molecule has 16 heavy (non-hydrogen) atoms. The highest BCUT2D eigenvalue weighted by atomic mass is 19.1. The van der Waals surface area contributed by atoms with Crippen molar-refractivity contribution in [2.45, 2.75) is 20.0 Å². The van der Waals surface area contributed by atoms with E-state index in [0.717, 1.165) is 5.69 Å². The Bertz CT molecular complexity index is 505. The van der Waals surface area contributed by atoms with Gasteiger partial charge in [0, 0.05) is 11.8 Å². The van der Waals surface area contributed by atoms with Gasteiger partial charge in [0.15, 0.2) is 0 Å². The van der Waals surface area contributed by atoms with Crippen molar-refractivity contribution in [3.05, 3.63) is 47.5 Å². The quantitative estimate of drug-likeness (QED) is 0.843. The zero-order valence-electron chi connectivity index (χ0n) is 9.18. The van der Waals surface area contributed by atoms with Crippen molar-refractivity contribution in [3.63, 3.8) is 0 Å². The maximum Gasteiger partial charge on any atom is 0.123 e. The van der Waals surface area contributed by atoms with Gasteiger partial charge in [-0.15, -0.1) is 0 Å². The smallest absolute Gasteiger partial charge is 0.123 e. The molecule has 1 N–H and O–H groups in total. The molecule has 0 spiro atoms. The molecule has 4 heteroatoms. The zero-order valence-corrected chi connectivity index (χ0v) is 9.18. The van der Waals surface area contributed by atoms with Gasteiger partial charge in [-0.05, 0) is 38.1 Å². The van der Waals surface area contributed by atoms with E-state index in [2.05, 4.69) is 5.10 Å². The molecule has 0 amide bonds. The lowest BCUT2D eigenvalue weighted by atomic mass is 10.1. The summed E-state index contributed by atoms with van der Waals surface area (Å²) in [5.74, 6) is -0.358. The average molecular weight is 220 g/mol. The van der Waals surface area contributed by atoms with Crippen LogP contribution >= 0.6 is 0 Å². The van der Waals surface area contributed by atoms with Crippen LogP contribution in [0, 0.1) is 12.7 Å². The molecule has 1 aromatic heterocycles. The van der Waals surface area contributed by atoms with Crippen LogP contribution in [0.2, 0.25) is 0 Å². The van der Waals surface area contributed by atoms with Gasteiger partial charge in [-0.3, -0.25) is 0 Å². The third kappa shape index (κ3) is 1.97. The van der Waals surface area contributed by atoms with E-state index in [4.69, 9.17) is 0 Å². The second-order valence-electron chi connectivity index (χ2n) is 3.78. The fraction of sp³-hybridized carbons (Fsp3) is 0.250. The number of rotatable bonds is 2. The molecule has 2 aromatic rings. The maximum atomic E-state index is 13.1. The van der Waals surface area contributed by atoms with Crippen molar-refractivity contribution in [1.82, 2.24) is 9.78 Å². The van der Waals surface area contributed by atoms with Gasteiger partial charge in [0.2, 0.25) is 0 Å². The summed E-state index contributed by atoms with van der Waals surface area (Å²) in [6, 6.07) is 6.16. The lowest BCUT2D eigenvalue weighted by Crippen LogP contribution is -2.04. The average Bonchev–Trinajstić information content (AvgIpc) is 2.64. The molecule has 0 aliphatic carbocycles. The molecule has 2 rings (SSSR count). The minimum atomic E-state index is -0.727. The number of aliphatic hydroxyl groups excluding tert-OH is 1. The van der Waals surface area contributed by atoms with Crippen LogP contribution in [0.5, 0.6) is 0 Å². The highest BCUT2D eigenvalue weighted by Crippen LogP contribution is 2.22. The summed E-state index contributed by atoms with van der Waals surface area (Å²) in [5, 5.41) is 13.8. The van der Waals surface area contributed by atoms with Crippen molar-refractivity contribution in [2.75, 3.05) is 0 Å². The fourth-order valence-electron chi connectivity index (χ4n) is 1.62. The summed E-state index contributed by atoms with van der Waals surface area (Å²) in [5.41, 5.74) is 2.11. The highest BCUT2D eigenvalue weighted by molar-refractivity contribution is 5.42. The number of hydrogen-bond acceptors (Lipinski definition) is 2. The second-order valence-corrected chi connectivity index (χ2v) is 3.78. The van der Waals surface area contributed by atoms with Crippen molar-refractivity contribution >= 4 is 0 Å². The standard InChI is InChI=1S/C12H13FN2O/c1-8-5-6-15(14-8)12-4-3-10(13)7-11(12)9(2)16/h3-7,9,16H,1-2H3/t9-/m1/s1. The van der Waals surface area contributed by atoms with Crippen molar-refractivity contribution in [1.29, 1.82) is 0 Å². The molecule has 0 fully saturated rings. The van der Waals surface area contributed by atoms with E-state index in [0.29, 0.717) is 11.3 Å². The van der Waals surface area contributed by atoms with Crippen LogP contribution in [0.3, 0.4) is 0 Å². The summed E-state index contributed by atoms with van der Waals surface area (Å²) in [6.45, 7) is 3.48. The lowest BCUT2D eigenvalue weighted by Gasteiger charge is -2.11. The summed E-state index contributed by atoms with van der Waals surface area (Å²) >= 11 is 0. The highest BCUT2D eigenvalue weighted by Gasteiger charge is 2.11. The monoisotopic (exact) mass is 220 g/mol. The van der Waals surface area contributed by atoms with Gasteiger partial charge >= 0.3 is 0 Å². The lowest BCUT2D eigenvalue weighted by molar-refractivity contribution is 0.198. The first-order valence-electron chi connectivity index (χ1n) is 5.08. The van der Waals surface area contributed by atoms with Crippen LogP contribution in [0.25, 0.3) is 5.69 Å². The third-order valence-electron chi connectivity index (χ3n) is 2.41. The molecule has 1 atom stereocenters. The van der Waals surface area contributed by atoms with Gasteiger partial charge in [0.1, 0.15) is 5.82 Å². The number of aromatic nitrogens is 2. The van der Waals surface area contributed by atoms with E-state index in [9.17, 15) is 9.50 Å². The Morgan fingerprint density at radius 2 is 2.12 bits per heavy atom. The molecule has 0 saturated carbocycles. The van der Waals surface area contributed by atoms with Crippen LogP contribution in [0.4, 0.5) is 4.39 Å². The van der Waals surface area contributed by atoms with Crippen LogP contribution in [0.1, 0.15) is 24.3 Å². The van der Waals surface area contributed by atoms with E-state index in [1.807, 2.05) is 13.0 Å². The molecule has 1 heterocycles. The van der Waals surface area contributed by atoms with Gasteiger partial charge < -0.3 is 5.11 Å². The van der Waals surface area contributed by atoms with Gasteiger partial charge in [-0.1, -0.05) is 0 Å². The van der Waals surface area contributed by atoms with Crippen molar-refractivity contribution < 1.29 is 9.50 Å². The molecule has 0 radical (unpaired) electrons. The summed E-state index contributed by atoms with van der Waals surface area (Å²) < 4.78 is 14.7. The van der Waals surface area contributed by atoms with E-state index in [-0.39, 0.29) is 5.82 Å². The zero-order chi connectivity index (χ0) is 11.7.